The molecule has 0 amide bonds. The van der Waals surface area contributed by atoms with Crippen molar-refractivity contribution in [1.29, 1.82) is 0 Å². The summed E-state index contributed by atoms with van der Waals surface area (Å²) in [6.07, 6.45) is 6.62. The largest absolute Gasteiger partial charge is 0.382 e. The Labute approximate surface area is 140 Å². The van der Waals surface area contributed by atoms with Gasteiger partial charge in [-0.2, -0.15) is 10.1 Å². The molecule has 2 aliphatic rings. The van der Waals surface area contributed by atoms with E-state index in [0.29, 0.717) is 24.3 Å². The van der Waals surface area contributed by atoms with Crippen molar-refractivity contribution in [2.24, 2.45) is 5.92 Å². The van der Waals surface area contributed by atoms with Crippen molar-refractivity contribution in [1.82, 2.24) is 24.8 Å². The summed E-state index contributed by atoms with van der Waals surface area (Å²) >= 11 is 0. The summed E-state index contributed by atoms with van der Waals surface area (Å²) in [4.78, 5) is 6.88. The number of hydrogen-bond donors (Lipinski definition) is 1. The molecule has 2 aromatic rings. The van der Waals surface area contributed by atoms with Gasteiger partial charge in [0.05, 0.1) is 19.2 Å². The van der Waals surface area contributed by atoms with Gasteiger partial charge in [-0.3, -0.25) is 9.58 Å². The molecule has 130 valence electrons. The number of aromatic nitrogens is 4. The molecule has 4 rings (SSSR count). The lowest BCUT2D eigenvalue weighted by molar-refractivity contribution is 0.105. The molecule has 2 atom stereocenters. The summed E-state index contributed by atoms with van der Waals surface area (Å²) in [5.41, 5.74) is 5.71. The number of anilines is 1. The van der Waals surface area contributed by atoms with Crippen LogP contribution in [-0.4, -0.2) is 50.6 Å². The summed E-state index contributed by atoms with van der Waals surface area (Å²) in [5, 5.41) is 8.40. The number of methoxy groups -OCH3 is 1. The van der Waals surface area contributed by atoms with Gasteiger partial charge in [-0.25, -0.2) is 0 Å². The Balaban J connectivity index is 1.41. The van der Waals surface area contributed by atoms with Crippen LogP contribution in [0.5, 0.6) is 0 Å². The summed E-state index contributed by atoms with van der Waals surface area (Å²) in [7, 11) is 1.76. The van der Waals surface area contributed by atoms with E-state index in [4.69, 9.17) is 15.0 Å². The summed E-state index contributed by atoms with van der Waals surface area (Å²) in [6.45, 7) is 2.29. The second-order valence-electron chi connectivity index (χ2n) is 6.89. The molecule has 2 aromatic heterocycles. The van der Waals surface area contributed by atoms with E-state index < -0.39 is 0 Å². The van der Waals surface area contributed by atoms with E-state index in [1.54, 1.807) is 7.11 Å². The molecule has 1 saturated carbocycles. The van der Waals surface area contributed by atoms with E-state index in [9.17, 15) is 0 Å². The molecule has 0 bridgehead atoms. The Hall–Kier alpha value is -1.93. The third kappa shape index (κ3) is 3.59. The SMILES string of the molecule is CO[C@H]1C[C@@H](Cn2ccc(N)n2)N(Cc2nc(CC3CC3)no2)C1. The Morgan fingerprint density at radius 1 is 1.42 bits per heavy atom. The first kappa shape index (κ1) is 15.6. The third-order valence-electron chi connectivity index (χ3n) is 4.90. The molecule has 0 unspecified atom stereocenters. The zero-order valence-electron chi connectivity index (χ0n) is 14.0. The maximum absolute atomic E-state index is 5.71. The second kappa shape index (κ2) is 6.52. The predicted octanol–water partition coefficient (Wildman–Crippen LogP) is 1.09. The third-order valence-corrected chi connectivity index (χ3v) is 4.90. The first-order valence-corrected chi connectivity index (χ1v) is 8.57. The number of hydrogen-bond acceptors (Lipinski definition) is 7. The quantitative estimate of drug-likeness (QED) is 0.811. The van der Waals surface area contributed by atoms with Gasteiger partial charge in [0.1, 0.15) is 5.82 Å². The molecule has 0 spiro atoms. The molecule has 8 nitrogen and oxygen atoms in total. The average molecular weight is 332 g/mol. The van der Waals surface area contributed by atoms with E-state index >= 15 is 0 Å². The number of nitrogens with two attached hydrogens (primary N) is 1. The minimum absolute atomic E-state index is 0.219. The van der Waals surface area contributed by atoms with Crippen molar-refractivity contribution in [3.8, 4) is 0 Å². The smallest absolute Gasteiger partial charge is 0.240 e. The minimum Gasteiger partial charge on any atom is -0.382 e. The maximum Gasteiger partial charge on any atom is 0.240 e. The topological polar surface area (TPSA) is 95.2 Å². The van der Waals surface area contributed by atoms with Crippen LogP contribution in [0.4, 0.5) is 5.82 Å². The van der Waals surface area contributed by atoms with Gasteiger partial charge in [-0.05, 0) is 31.2 Å². The molecule has 1 aliphatic carbocycles. The standard InChI is InChI=1S/C16H24N6O2/c1-23-13-7-12(8-22-5-4-14(17)19-22)21(9-13)10-16-18-15(20-24-16)6-11-2-3-11/h4-5,11-13H,2-3,6-10H2,1H3,(H2,17,19)/t12-,13-/m0/s1. The molecule has 0 radical (unpaired) electrons. The van der Waals surface area contributed by atoms with Gasteiger partial charge in [0.25, 0.3) is 0 Å². The zero-order valence-corrected chi connectivity index (χ0v) is 14.0. The molecule has 24 heavy (non-hydrogen) atoms. The number of nitrogens with zero attached hydrogens (tertiary/aromatic N) is 5. The van der Waals surface area contributed by atoms with Crippen LogP contribution in [0, 0.1) is 5.92 Å². The molecule has 1 saturated heterocycles. The van der Waals surface area contributed by atoms with E-state index in [1.165, 1.54) is 12.8 Å². The summed E-state index contributed by atoms with van der Waals surface area (Å²) < 4.78 is 12.9. The highest BCUT2D eigenvalue weighted by Gasteiger charge is 2.34. The van der Waals surface area contributed by atoms with Gasteiger partial charge >= 0.3 is 0 Å². The molecule has 1 aliphatic heterocycles. The van der Waals surface area contributed by atoms with Gasteiger partial charge < -0.3 is 15.0 Å². The lowest BCUT2D eigenvalue weighted by atomic mass is 10.2. The maximum atomic E-state index is 5.71. The second-order valence-corrected chi connectivity index (χ2v) is 6.89. The van der Waals surface area contributed by atoms with Crippen LogP contribution in [0.25, 0.3) is 0 Å². The molecular formula is C16H24N6O2. The fraction of sp³-hybridized carbons (Fsp3) is 0.688. The molecule has 2 fully saturated rings. The van der Waals surface area contributed by atoms with Crippen LogP contribution in [0.15, 0.2) is 16.8 Å². The van der Waals surface area contributed by atoms with Crippen molar-refractivity contribution in [3.63, 3.8) is 0 Å². The van der Waals surface area contributed by atoms with E-state index in [0.717, 1.165) is 37.7 Å². The van der Waals surface area contributed by atoms with Crippen molar-refractivity contribution >= 4 is 5.82 Å². The van der Waals surface area contributed by atoms with Gasteiger partial charge in [-0.15, -0.1) is 0 Å². The van der Waals surface area contributed by atoms with Gasteiger partial charge in [0, 0.05) is 32.3 Å². The fourth-order valence-electron chi connectivity index (χ4n) is 3.38. The highest BCUT2D eigenvalue weighted by molar-refractivity contribution is 5.23. The Morgan fingerprint density at radius 2 is 2.29 bits per heavy atom. The zero-order chi connectivity index (χ0) is 16.5. The van der Waals surface area contributed by atoms with Gasteiger partial charge in [0.2, 0.25) is 5.89 Å². The number of rotatable bonds is 7. The summed E-state index contributed by atoms with van der Waals surface area (Å²) in [5.74, 6) is 2.83. The Bertz CT molecular complexity index is 680. The lowest BCUT2D eigenvalue weighted by Crippen LogP contribution is -2.33. The van der Waals surface area contributed by atoms with Crippen LogP contribution < -0.4 is 5.73 Å². The molecule has 3 heterocycles. The van der Waals surface area contributed by atoms with Gasteiger partial charge in [-0.1, -0.05) is 5.16 Å². The highest BCUT2D eigenvalue weighted by Crippen LogP contribution is 2.32. The van der Waals surface area contributed by atoms with Gasteiger partial charge in [0.15, 0.2) is 5.82 Å². The molecular weight excluding hydrogens is 308 g/mol. The van der Waals surface area contributed by atoms with E-state index in [-0.39, 0.29) is 6.10 Å². The Morgan fingerprint density at radius 3 is 3.00 bits per heavy atom. The normalized spacial score (nSPS) is 24.7. The van der Waals surface area contributed by atoms with Crippen LogP contribution in [0.3, 0.4) is 0 Å². The number of ether oxygens (including phenoxy) is 1. The minimum atomic E-state index is 0.219. The first-order valence-electron chi connectivity index (χ1n) is 8.57. The fourth-order valence-corrected chi connectivity index (χ4v) is 3.38. The monoisotopic (exact) mass is 332 g/mol. The Kier molecular flexibility index (Phi) is 4.24. The molecule has 8 heteroatoms. The average Bonchev–Trinajstić information content (AvgIpc) is 2.94. The van der Waals surface area contributed by atoms with E-state index in [1.807, 2.05) is 16.9 Å². The van der Waals surface area contributed by atoms with Crippen LogP contribution >= 0.6 is 0 Å². The van der Waals surface area contributed by atoms with Crippen LogP contribution in [-0.2, 0) is 24.2 Å². The number of likely N-dealkylation sites (tertiary alicyclic amines) is 1. The van der Waals surface area contributed by atoms with Crippen molar-refractivity contribution < 1.29 is 9.26 Å². The van der Waals surface area contributed by atoms with Crippen LogP contribution in [0.2, 0.25) is 0 Å². The predicted molar refractivity (Wildman–Crippen MR) is 87.0 cm³/mol. The first-order chi connectivity index (χ1) is 11.7. The van der Waals surface area contributed by atoms with E-state index in [2.05, 4.69) is 20.1 Å². The molecule has 0 aromatic carbocycles. The number of nitrogen functional groups attached to an aromatic ring is 1. The van der Waals surface area contributed by atoms with Crippen molar-refractivity contribution in [2.75, 3.05) is 19.4 Å². The summed E-state index contributed by atoms with van der Waals surface area (Å²) in [6, 6.07) is 2.13. The lowest BCUT2D eigenvalue weighted by Gasteiger charge is -2.22. The van der Waals surface area contributed by atoms with Crippen molar-refractivity contribution in [2.45, 2.75) is 50.9 Å². The van der Waals surface area contributed by atoms with Crippen molar-refractivity contribution in [3.05, 3.63) is 24.0 Å². The molecule has 2 N–H and O–H groups in total. The highest BCUT2D eigenvalue weighted by atomic mass is 16.5. The van der Waals surface area contributed by atoms with Crippen LogP contribution in [0.1, 0.15) is 31.0 Å².